The van der Waals surface area contributed by atoms with Gasteiger partial charge in [-0.1, -0.05) is 12.2 Å². The van der Waals surface area contributed by atoms with Gasteiger partial charge in [0.1, 0.15) is 6.10 Å². The number of aromatic hydroxyl groups is 1. The van der Waals surface area contributed by atoms with Crippen LogP contribution in [0.25, 0.3) is 6.08 Å². The van der Waals surface area contributed by atoms with Gasteiger partial charge in [0.25, 0.3) is 0 Å². The van der Waals surface area contributed by atoms with Crippen LogP contribution in [-0.2, 0) is 6.42 Å². The highest BCUT2D eigenvalue weighted by Gasteiger charge is 2.18. The fourth-order valence-electron chi connectivity index (χ4n) is 2.95. The lowest BCUT2D eigenvalue weighted by molar-refractivity contribution is 0.201. The Morgan fingerprint density at radius 3 is 1.79 bits per heavy atom. The van der Waals surface area contributed by atoms with Gasteiger partial charge in [0, 0.05) is 6.42 Å². The minimum absolute atomic E-state index is 0.0229. The van der Waals surface area contributed by atoms with E-state index in [-0.39, 0.29) is 11.9 Å². The molecule has 1 atom stereocenters. The first-order valence-electron chi connectivity index (χ1n) is 8.96. The monoisotopic (exact) mass is 388 g/mol. The standard InChI is InChI=1S/C22H28O6/c1-7-8-15-10-19(26-5)22(20(11-15)27-6)28-14(2)9-16-12-17(24-3)21(23)18(13-16)25-4/h7-8,10-14,23H,9H2,1-6H3/b8-7-. The maximum Gasteiger partial charge on any atom is 0.203 e. The molecular weight excluding hydrogens is 360 g/mol. The van der Waals surface area contributed by atoms with Gasteiger partial charge in [-0.3, -0.25) is 0 Å². The first-order valence-corrected chi connectivity index (χ1v) is 8.96. The van der Waals surface area contributed by atoms with E-state index in [1.54, 1.807) is 26.4 Å². The number of methoxy groups -OCH3 is 4. The molecule has 0 saturated heterocycles. The molecule has 28 heavy (non-hydrogen) atoms. The number of benzene rings is 2. The molecule has 0 amide bonds. The predicted octanol–water partition coefficient (Wildman–Crippen LogP) is 4.47. The van der Waals surface area contributed by atoms with Gasteiger partial charge in [-0.15, -0.1) is 0 Å². The van der Waals surface area contributed by atoms with Crippen molar-refractivity contribution in [2.75, 3.05) is 28.4 Å². The maximum atomic E-state index is 10.1. The zero-order chi connectivity index (χ0) is 20.7. The van der Waals surface area contributed by atoms with E-state index in [4.69, 9.17) is 23.7 Å². The third kappa shape index (κ3) is 4.82. The Morgan fingerprint density at radius 2 is 1.36 bits per heavy atom. The molecular formula is C22H28O6. The zero-order valence-corrected chi connectivity index (χ0v) is 17.2. The maximum absolute atomic E-state index is 10.1. The number of hydrogen-bond acceptors (Lipinski definition) is 6. The van der Waals surface area contributed by atoms with Gasteiger partial charge in [-0.05, 0) is 49.2 Å². The van der Waals surface area contributed by atoms with Gasteiger partial charge in [0.15, 0.2) is 23.0 Å². The smallest absolute Gasteiger partial charge is 0.203 e. The van der Waals surface area contributed by atoms with Crippen LogP contribution < -0.4 is 23.7 Å². The average Bonchev–Trinajstić information content (AvgIpc) is 2.69. The Morgan fingerprint density at radius 1 is 0.857 bits per heavy atom. The summed E-state index contributed by atoms with van der Waals surface area (Å²) in [6.45, 7) is 3.90. The first-order chi connectivity index (χ1) is 13.5. The minimum atomic E-state index is -0.200. The summed E-state index contributed by atoms with van der Waals surface area (Å²) in [5.41, 5.74) is 1.87. The third-order valence-corrected chi connectivity index (χ3v) is 4.22. The van der Waals surface area contributed by atoms with Crippen LogP contribution in [0.4, 0.5) is 0 Å². The molecule has 2 rings (SSSR count). The topological polar surface area (TPSA) is 66.4 Å². The molecule has 2 aromatic rings. The number of allylic oxidation sites excluding steroid dienone is 1. The van der Waals surface area contributed by atoms with Crippen molar-refractivity contribution in [1.29, 1.82) is 0 Å². The van der Waals surface area contributed by atoms with Crippen molar-refractivity contribution in [3.8, 4) is 34.5 Å². The highest BCUT2D eigenvalue weighted by Crippen LogP contribution is 2.41. The zero-order valence-electron chi connectivity index (χ0n) is 17.2. The molecule has 1 N–H and O–H groups in total. The molecule has 6 nitrogen and oxygen atoms in total. The molecule has 0 bridgehead atoms. The van der Waals surface area contributed by atoms with Gasteiger partial charge >= 0.3 is 0 Å². The van der Waals surface area contributed by atoms with E-state index < -0.39 is 0 Å². The van der Waals surface area contributed by atoms with E-state index in [2.05, 4.69) is 0 Å². The highest BCUT2D eigenvalue weighted by atomic mass is 16.5. The summed E-state index contributed by atoms with van der Waals surface area (Å²) in [4.78, 5) is 0. The fraction of sp³-hybridized carbons (Fsp3) is 0.364. The second-order valence-electron chi connectivity index (χ2n) is 6.24. The Balaban J connectivity index is 2.29. The van der Waals surface area contributed by atoms with Crippen LogP contribution in [0.2, 0.25) is 0 Å². The van der Waals surface area contributed by atoms with E-state index in [0.717, 1.165) is 11.1 Å². The van der Waals surface area contributed by atoms with Gasteiger partial charge in [0.2, 0.25) is 11.5 Å². The SMILES string of the molecule is C/C=C\c1cc(OC)c(OC(C)Cc2cc(OC)c(O)c(OC)c2)c(OC)c1. The Labute approximate surface area is 166 Å². The number of ether oxygens (including phenoxy) is 5. The number of phenolic OH excluding ortho intramolecular Hbond substituents is 1. The van der Waals surface area contributed by atoms with E-state index in [0.29, 0.717) is 35.2 Å². The number of phenols is 1. The molecule has 0 radical (unpaired) electrons. The van der Waals surface area contributed by atoms with Crippen LogP contribution in [0.3, 0.4) is 0 Å². The summed E-state index contributed by atoms with van der Waals surface area (Å²) in [5.74, 6) is 2.42. The molecule has 0 aliphatic carbocycles. The Bertz CT molecular complexity index is 778. The van der Waals surface area contributed by atoms with Crippen LogP contribution >= 0.6 is 0 Å². The fourth-order valence-corrected chi connectivity index (χ4v) is 2.95. The predicted molar refractivity (Wildman–Crippen MR) is 109 cm³/mol. The molecule has 0 aromatic heterocycles. The number of hydrogen-bond donors (Lipinski definition) is 1. The minimum Gasteiger partial charge on any atom is -0.502 e. The van der Waals surface area contributed by atoms with Crippen molar-refractivity contribution < 1.29 is 28.8 Å². The average molecular weight is 388 g/mol. The molecule has 1 unspecified atom stereocenters. The molecule has 2 aromatic carbocycles. The normalized spacial score (nSPS) is 11.9. The second-order valence-corrected chi connectivity index (χ2v) is 6.24. The van der Waals surface area contributed by atoms with Crippen molar-refractivity contribution in [2.24, 2.45) is 0 Å². The summed E-state index contributed by atoms with van der Waals surface area (Å²) >= 11 is 0. The lowest BCUT2D eigenvalue weighted by atomic mass is 10.1. The quantitative estimate of drug-likeness (QED) is 0.684. The van der Waals surface area contributed by atoms with Crippen molar-refractivity contribution in [3.05, 3.63) is 41.5 Å². The molecule has 0 spiro atoms. The molecule has 152 valence electrons. The van der Waals surface area contributed by atoms with E-state index >= 15 is 0 Å². The van der Waals surface area contributed by atoms with Crippen LogP contribution in [0, 0.1) is 0 Å². The van der Waals surface area contributed by atoms with Crippen LogP contribution in [0.5, 0.6) is 34.5 Å². The van der Waals surface area contributed by atoms with E-state index in [9.17, 15) is 5.11 Å². The Kier molecular flexibility index (Phi) is 7.44. The van der Waals surface area contributed by atoms with Gasteiger partial charge in [0.05, 0.1) is 28.4 Å². The van der Waals surface area contributed by atoms with Gasteiger partial charge in [-0.25, -0.2) is 0 Å². The van der Waals surface area contributed by atoms with Crippen molar-refractivity contribution in [1.82, 2.24) is 0 Å². The molecule has 0 aliphatic heterocycles. The molecule has 0 saturated carbocycles. The highest BCUT2D eigenvalue weighted by molar-refractivity contribution is 5.62. The first kappa shape index (κ1) is 21.3. The van der Waals surface area contributed by atoms with E-state index in [1.807, 2.05) is 38.1 Å². The second kappa shape index (κ2) is 9.78. The van der Waals surface area contributed by atoms with Crippen LogP contribution in [0.15, 0.2) is 30.3 Å². The lowest BCUT2D eigenvalue weighted by Gasteiger charge is -2.20. The van der Waals surface area contributed by atoms with Gasteiger partial charge in [-0.2, -0.15) is 0 Å². The lowest BCUT2D eigenvalue weighted by Crippen LogP contribution is -2.16. The van der Waals surface area contributed by atoms with Crippen molar-refractivity contribution in [3.63, 3.8) is 0 Å². The summed E-state index contributed by atoms with van der Waals surface area (Å²) in [6, 6.07) is 7.33. The van der Waals surface area contributed by atoms with E-state index in [1.165, 1.54) is 14.2 Å². The van der Waals surface area contributed by atoms with Crippen LogP contribution in [0.1, 0.15) is 25.0 Å². The Hall–Kier alpha value is -3.02. The molecule has 0 fully saturated rings. The summed E-state index contributed by atoms with van der Waals surface area (Å²) < 4.78 is 27.6. The summed E-state index contributed by atoms with van der Waals surface area (Å²) in [7, 11) is 6.20. The summed E-state index contributed by atoms with van der Waals surface area (Å²) in [5, 5.41) is 10.1. The van der Waals surface area contributed by atoms with Crippen molar-refractivity contribution >= 4 is 6.08 Å². The molecule has 0 aliphatic rings. The number of rotatable bonds is 9. The third-order valence-electron chi connectivity index (χ3n) is 4.22. The van der Waals surface area contributed by atoms with Crippen LogP contribution in [-0.4, -0.2) is 39.6 Å². The summed E-state index contributed by atoms with van der Waals surface area (Å²) in [6.07, 6.45) is 4.28. The van der Waals surface area contributed by atoms with Gasteiger partial charge < -0.3 is 28.8 Å². The van der Waals surface area contributed by atoms with Crippen molar-refractivity contribution in [2.45, 2.75) is 26.4 Å². The largest absolute Gasteiger partial charge is 0.502 e. The molecule has 0 heterocycles. The molecule has 6 heteroatoms.